The van der Waals surface area contributed by atoms with Gasteiger partial charge < -0.3 is 21.5 Å². The number of aliphatic carboxylic acids is 1. The molecule has 2 rings (SSSR count). The van der Waals surface area contributed by atoms with Crippen molar-refractivity contribution in [1.29, 1.82) is 0 Å². The van der Waals surface area contributed by atoms with Crippen LogP contribution in [0.4, 0.5) is 18.3 Å². The van der Waals surface area contributed by atoms with Gasteiger partial charge >= 0.3 is 12.1 Å². The molecule has 1 unspecified atom stereocenters. The molecule has 0 fully saturated rings. The molecule has 0 aliphatic heterocycles. The van der Waals surface area contributed by atoms with Crippen LogP contribution in [0.2, 0.25) is 5.02 Å². The van der Waals surface area contributed by atoms with Gasteiger partial charge in [0.25, 0.3) is 0 Å². The summed E-state index contributed by atoms with van der Waals surface area (Å²) < 4.78 is 31.7. The number of rotatable bonds is 8. The summed E-state index contributed by atoms with van der Waals surface area (Å²) in [6, 6.07) is 6.93. The maximum Gasteiger partial charge on any atom is 0.490 e. The molecule has 2 amide bonds. The first-order valence-electron chi connectivity index (χ1n) is 9.49. The smallest absolute Gasteiger partial charge is 0.475 e. The number of carbonyl (C=O) groups excluding carboxylic acids is 2. The molecule has 0 aliphatic rings. The van der Waals surface area contributed by atoms with Crippen LogP contribution in [0.25, 0.3) is 0 Å². The van der Waals surface area contributed by atoms with Gasteiger partial charge in [-0.1, -0.05) is 48.9 Å². The van der Waals surface area contributed by atoms with Crippen molar-refractivity contribution < 1.29 is 32.7 Å². The molecule has 5 N–H and O–H groups in total. The van der Waals surface area contributed by atoms with E-state index in [2.05, 4.69) is 20.8 Å². The van der Waals surface area contributed by atoms with Crippen molar-refractivity contribution in [3.8, 4) is 0 Å². The van der Waals surface area contributed by atoms with E-state index in [1.54, 1.807) is 0 Å². The zero-order valence-electron chi connectivity index (χ0n) is 17.6. The Morgan fingerprint density at radius 3 is 2.42 bits per heavy atom. The Morgan fingerprint density at radius 2 is 1.88 bits per heavy atom. The van der Waals surface area contributed by atoms with Crippen LogP contribution in [0.1, 0.15) is 30.8 Å². The number of nitrogens with zero attached hydrogens (tertiary/aromatic N) is 2. The Morgan fingerprint density at radius 1 is 1.24 bits per heavy atom. The summed E-state index contributed by atoms with van der Waals surface area (Å²) in [6.45, 7) is 3.96. The van der Waals surface area contributed by atoms with Gasteiger partial charge in [0, 0.05) is 24.4 Å². The molecule has 0 radical (unpaired) electrons. The minimum atomic E-state index is -5.08. The van der Waals surface area contributed by atoms with Crippen LogP contribution in [0, 0.1) is 5.92 Å². The fraction of sp³-hybridized carbons (Fsp3) is 0.421. The van der Waals surface area contributed by atoms with Crippen LogP contribution in [-0.2, 0) is 20.8 Å². The summed E-state index contributed by atoms with van der Waals surface area (Å²) in [5.41, 5.74) is 6.76. The molecule has 0 saturated heterocycles. The maximum atomic E-state index is 11.9. The number of amides is 2. The fourth-order valence-electron chi connectivity index (χ4n) is 2.10. The second kappa shape index (κ2) is 13.1. The number of nitrogens with one attached hydrogen (secondary N) is 2. The van der Waals surface area contributed by atoms with Crippen LogP contribution in [-0.4, -0.2) is 51.9 Å². The van der Waals surface area contributed by atoms with Crippen LogP contribution in [0.3, 0.4) is 0 Å². The number of hydrogen-bond donors (Lipinski definition) is 4. The summed E-state index contributed by atoms with van der Waals surface area (Å²) in [4.78, 5) is 32.6. The highest BCUT2D eigenvalue weighted by Gasteiger charge is 2.38. The summed E-state index contributed by atoms with van der Waals surface area (Å²) in [6.07, 6.45) is -4.35. The summed E-state index contributed by atoms with van der Waals surface area (Å²) in [7, 11) is 0. The first-order chi connectivity index (χ1) is 15.3. The average molecular weight is 510 g/mol. The minimum absolute atomic E-state index is 0.0446. The number of halogens is 4. The molecule has 182 valence electrons. The third-order valence-corrected chi connectivity index (χ3v) is 4.95. The van der Waals surface area contributed by atoms with Crippen molar-refractivity contribution in [1.82, 2.24) is 15.5 Å². The second-order valence-corrected chi connectivity index (χ2v) is 8.47. The quantitative estimate of drug-likeness (QED) is 0.427. The molecule has 0 spiro atoms. The minimum Gasteiger partial charge on any atom is -0.475 e. The number of nitrogens with two attached hydrogens (primary N) is 1. The number of hydrogen-bond acceptors (Lipinski definition) is 7. The number of carboxylic acids is 1. The topological polar surface area (TPSA) is 147 Å². The lowest BCUT2D eigenvalue weighted by molar-refractivity contribution is -0.192. The van der Waals surface area contributed by atoms with Gasteiger partial charge in [-0.25, -0.2) is 4.79 Å². The summed E-state index contributed by atoms with van der Waals surface area (Å²) in [5, 5.41) is 22.4. The van der Waals surface area contributed by atoms with Gasteiger partial charge in [0.05, 0.1) is 6.04 Å². The zero-order valence-corrected chi connectivity index (χ0v) is 19.2. The standard InChI is InChI=1S/C17H22ClN5O2S.C2HF3O2/c1-10(2)15(19)16(25)20-7-6-13(24)21-17-23-22-14(26-17)9-11-4-3-5-12(18)8-11;3-2(4,5)1(6)7/h3-5,8,10,15H,6-7,9,19H2,1-2H3,(H,20,25)(H,21,23,24);(H,6,7). The third-order valence-electron chi connectivity index (χ3n) is 3.87. The predicted octanol–water partition coefficient (Wildman–Crippen LogP) is 2.84. The number of alkyl halides is 3. The lowest BCUT2D eigenvalue weighted by atomic mass is 10.1. The number of aromatic nitrogens is 2. The van der Waals surface area contributed by atoms with E-state index < -0.39 is 18.2 Å². The zero-order chi connectivity index (χ0) is 25.2. The molecule has 14 heteroatoms. The highest BCUT2D eigenvalue weighted by molar-refractivity contribution is 7.15. The highest BCUT2D eigenvalue weighted by Crippen LogP contribution is 2.20. The van der Waals surface area contributed by atoms with E-state index in [0.29, 0.717) is 16.6 Å². The van der Waals surface area contributed by atoms with Gasteiger partial charge in [-0.05, 0) is 23.6 Å². The fourth-order valence-corrected chi connectivity index (χ4v) is 3.10. The van der Waals surface area contributed by atoms with Gasteiger partial charge in [-0.2, -0.15) is 13.2 Å². The van der Waals surface area contributed by atoms with Crippen LogP contribution < -0.4 is 16.4 Å². The molecule has 0 bridgehead atoms. The number of carbonyl (C=O) groups is 3. The lowest BCUT2D eigenvalue weighted by Gasteiger charge is -2.14. The lowest BCUT2D eigenvalue weighted by Crippen LogP contribution is -2.44. The Balaban J connectivity index is 0.000000675. The number of benzene rings is 1. The Kier molecular flexibility index (Phi) is 11.2. The van der Waals surface area contributed by atoms with Gasteiger partial charge in [0.1, 0.15) is 5.01 Å². The summed E-state index contributed by atoms with van der Waals surface area (Å²) >= 11 is 7.27. The third kappa shape index (κ3) is 11.1. The highest BCUT2D eigenvalue weighted by atomic mass is 35.5. The maximum absolute atomic E-state index is 11.9. The van der Waals surface area contributed by atoms with Crippen molar-refractivity contribution in [3.05, 3.63) is 39.9 Å². The molecule has 1 aromatic heterocycles. The molecule has 2 aromatic rings. The van der Waals surface area contributed by atoms with Gasteiger partial charge in [0.2, 0.25) is 16.9 Å². The van der Waals surface area contributed by atoms with E-state index in [0.717, 1.165) is 10.6 Å². The van der Waals surface area contributed by atoms with Gasteiger partial charge in [-0.15, -0.1) is 10.2 Å². The molecule has 1 aromatic carbocycles. The monoisotopic (exact) mass is 509 g/mol. The molecule has 1 heterocycles. The van der Waals surface area contributed by atoms with E-state index in [1.165, 1.54) is 11.3 Å². The van der Waals surface area contributed by atoms with Crippen molar-refractivity contribution in [2.24, 2.45) is 11.7 Å². The van der Waals surface area contributed by atoms with Crippen molar-refractivity contribution >= 4 is 45.9 Å². The van der Waals surface area contributed by atoms with E-state index in [4.69, 9.17) is 27.2 Å². The number of anilines is 1. The second-order valence-electron chi connectivity index (χ2n) is 6.97. The predicted molar refractivity (Wildman–Crippen MR) is 117 cm³/mol. The first kappa shape index (κ1) is 28.3. The van der Waals surface area contributed by atoms with E-state index in [-0.39, 0.29) is 30.7 Å². The average Bonchev–Trinajstić information content (AvgIpc) is 3.13. The first-order valence-corrected chi connectivity index (χ1v) is 10.7. The van der Waals surface area contributed by atoms with E-state index in [9.17, 15) is 22.8 Å². The van der Waals surface area contributed by atoms with Crippen LogP contribution in [0.5, 0.6) is 0 Å². The molecule has 9 nitrogen and oxygen atoms in total. The van der Waals surface area contributed by atoms with Crippen molar-refractivity contribution in [2.75, 3.05) is 11.9 Å². The molecular weight excluding hydrogens is 487 g/mol. The molecule has 0 aliphatic carbocycles. The van der Waals surface area contributed by atoms with Crippen LogP contribution in [0.15, 0.2) is 24.3 Å². The molecular formula is C19H23ClF3N5O4S. The Labute approximate surface area is 196 Å². The number of carboxylic acid groups (broad SMARTS) is 1. The molecule has 33 heavy (non-hydrogen) atoms. The van der Waals surface area contributed by atoms with E-state index in [1.807, 2.05) is 38.1 Å². The molecule has 0 saturated carbocycles. The van der Waals surface area contributed by atoms with Crippen molar-refractivity contribution in [2.45, 2.75) is 38.9 Å². The van der Waals surface area contributed by atoms with Crippen molar-refractivity contribution in [3.63, 3.8) is 0 Å². The van der Waals surface area contributed by atoms with Gasteiger partial charge in [0.15, 0.2) is 0 Å². The SMILES string of the molecule is CC(C)C(N)C(=O)NCCC(=O)Nc1nnc(Cc2cccc(Cl)c2)s1.O=C(O)C(F)(F)F. The van der Waals surface area contributed by atoms with E-state index >= 15 is 0 Å². The van der Waals surface area contributed by atoms with Gasteiger partial charge in [-0.3, -0.25) is 9.59 Å². The Bertz CT molecular complexity index is 956. The van der Waals surface area contributed by atoms with Crippen LogP contribution >= 0.6 is 22.9 Å². The summed E-state index contributed by atoms with van der Waals surface area (Å²) in [5.74, 6) is -3.21. The Hall–Kier alpha value is -2.77. The normalized spacial score (nSPS) is 11.9. The molecule has 1 atom stereocenters. The largest absolute Gasteiger partial charge is 0.490 e.